The molecule has 24 heavy (non-hydrogen) atoms. The Labute approximate surface area is 138 Å². The second-order valence-corrected chi connectivity index (χ2v) is 7.02. The van der Waals surface area contributed by atoms with Gasteiger partial charge in [-0.15, -0.1) is 0 Å². The van der Waals surface area contributed by atoms with Crippen molar-refractivity contribution in [2.45, 2.75) is 37.4 Å². The van der Waals surface area contributed by atoms with Crippen LogP contribution in [0.4, 0.5) is 0 Å². The molecule has 1 fully saturated rings. The van der Waals surface area contributed by atoms with E-state index in [9.17, 15) is 30.0 Å². The number of aromatic hydroxyl groups is 1. The van der Waals surface area contributed by atoms with Crippen LogP contribution in [0.1, 0.15) is 35.2 Å². The number of allylic oxidation sites excluding steroid dienone is 1. The molecule has 0 saturated heterocycles. The Kier molecular flexibility index (Phi) is 3.14. The minimum absolute atomic E-state index is 0.0208. The largest absolute Gasteiger partial charge is 0.508 e. The van der Waals surface area contributed by atoms with Gasteiger partial charge >= 0.3 is 0 Å². The van der Waals surface area contributed by atoms with Crippen LogP contribution in [0.5, 0.6) is 5.75 Å². The highest BCUT2D eigenvalue weighted by atomic mass is 16.3. The summed E-state index contributed by atoms with van der Waals surface area (Å²) in [6.07, 6.45) is -0.110. The Bertz CT molecular complexity index is 795. The SMILES string of the molecule is O=C1C2=C(O)C3(O)C(=O)CC(O)CC3CC2Cc2cccc(O)c21. The number of carbonyl (C=O) groups excluding carboxylic acids is 2. The molecule has 1 saturated carbocycles. The van der Waals surface area contributed by atoms with Crippen molar-refractivity contribution < 1.29 is 30.0 Å². The van der Waals surface area contributed by atoms with Gasteiger partial charge in [-0.3, -0.25) is 9.59 Å². The Balaban J connectivity index is 1.89. The van der Waals surface area contributed by atoms with Crippen LogP contribution in [0.15, 0.2) is 29.5 Å². The molecule has 4 atom stereocenters. The maximum absolute atomic E-state index is 12.8. The minimum Gasteiger partial charge on any atom is -0.508 e. The third-order valence-corrected chi connectivity index (χ3v) is 5.65. The minimum atomic E-state index is -2.11. The standard InChI is InChI=1S/C18H18O6/c19-11-6-10-5-9-4-8-2-1-3-12(20)14(8)16(22)15(9)17(23)18(10,24)13(21)7-11/h1-3,9-11,19-20,23-24H,4-7H2. The molecule has 0 aromatic heterocycles. The van der Waals surface area contributed by atoms with Gasteiger partial charge in [0, 0.05) is 17.9 Å². The van der Waals surface area contributed by atoms with Gasteiger partial charge in [-0.05, 0) is 36.8 Å². The Morgan fingerprint density at radius 3 is 2.58 bits per heavy atom. The number of Topliss-reactive ketones (excluding diaryl/α,β-unsaturated/α-hetero) is 2. The molecule has 0 aliphatic heterocycles. The lowest BCUT2D eigenvalue weighted by atomic mass is 9.60. The molecule has 4 N–H and O–H groups in total. The lowest BCUT2D eigenvalue weighted by molar-refractivity contribution is -0.155. The van der Waals surface area contributed by atoms with Crippen LogP contribution in [0.2, 0.25) is 0 Å². The van der Waals surface area contributed by atoms with Gasteiger partial charge in [0.05, 0.1) is 11.7 Å². The molecule has 126 valence electrons. The summed E-state index contributed by atoms with van der Waals surface area (Å²) in [6, 6.07) is 4.81. The molecule has 1 aromatic rings. The normalized spacial score (nSPS) is 35.3. The lowest BCUT2D eigenvalue weighted by Gasteiger charge is -2.46. The first kappa shape index (κ1) is 15.4. The lowest BCUT2D eigenvalue weighted by Crippen LogP contribution is -2.57. The highest BCUT2D eigenvalue weighted by molar-refractivity contribution is 6.14. The van der Waals surface area contributed by atoms with E-state index in [-0.39, 0.29) is 35.6 Å². The number of benzene rings is 1. The molecule has 1 aromatic carbocycles. The number of aliphatic hydroxyl groups is 3. The first-order valence-electron chi connectivity index (χ1n) is 8.07. The maximum atomic E-state index is 12.8. The molecular formula is C18H18O6. The fourth-order valence-corrected chi connectivity index (χ4v) is 4.53. The van der Waals surface area contributed by atoms with Gasteiger partial charge in [-0.2, -0.15) is 0 Å². The number of fused-ring (bicyclic) bond motifs is 3. The number of ketones is 2. The summed E-state index contributed by atoms with van der Waals surface area (Å²) in [5.41, 5.74) is -1.27. The number of hydrogen-bond acceptors (Lipinski definition) is 6. The van der Waals surface area contributed by atoms with E-state index in [1.165, 1.54) is 6.07 Å². The molecule has 0 radical (unpaired) electrons. The van der Waals surface area contributed by atoms with Gasteiger partial charge in [0.1, 0.15) is 11.5 Å². The van der Waals surface area contributed by atoms with Crippen LogP contribution >= 0.6 is 0 Å². The van der Waals surface area contributed by atoms with E-state index >= 15 is 0 Å². The summed E-state index contributed by atoms with van der Waals surface area (Å²) in [5.74, 6) is -2.92. The van der Waals surface area contributed by atoms with Gasteiger partial charge in [-0.25, -0.2) is 0 Å². The average molecular weight is 330 g/mol. The summed E-state index contributed by atoms with van der Waals surface area (Å²) in [7, 11) is 0. The van der Waals surface area contributed by atoms with Crippen molar-refractivity contribution in [1.29, 1.82) is 0 Å². The quantitative estimate of drug-likeness (QED) is 0.565. The van der Waals surface area contributed by atoms with Gasteiger partial charge < -0.3 is 20.4 Å². The number of phenolic OH excluding ortho intramolecular Hbond substituents is 1. The van der Waals surface area contributed by atoms with Crippen LogP contribution < -0.4 is 0 Å². The van der Waals surface area contributed by atoms with Crippen LogP contribution in [0, 0.1) is 11.8 Å². The Hall–Kier alpha value is -2.18. The summed E-state index contributed by atoms with van der Waals surface area (Å²) >= 11 is 0. The highest BCUT2D eigenvalue weighted by Gasteiger charge is 2.57. The summed E-state index contributed by atoms with van der Waals surface area (Å²) in [6.45, 7) is 0. The molecule has 6 nitrogen and oxygen atoms in total. The second-order valence-electron chi connectivity index (χ2n) is 7.02. The van der Waals surface area contributed by atoms with Crippen LogP contribution in [-0.2, 0) is 11.2 Å². The summed E-state index contributed by atoms with van der Waals surface area (Å²) in [5, 5.41) is 41.3. The topological polar surface area (TPSA) is 115 Å². The third kappa shape index (κ3) is 1.84. The summed E-state index contributed by atoms with van der Waals surface area (Å²) < 4.78 is 0. The molecule has 0 heterocycles. The van der Waals surface area contributed by atoms with Crippen molar-refractivity contribution in [3.63, 3.8) is 0 Å². The van der Waals surface area contributed by atoms with Gasteiger partial charge in [-0.1, -0.05) is 12.1 Å². The van der Waals surface area contributed by atoms with Gasteiger partial charge in [0.2, 0.25) is 0 Å². The predicted molar refractivity (Wildman–Crippen MR) is 82.6 cm³/mol. The molecule has 0 spiro atoms. The molecule has 0 bridgehead atoms. The van der Waals surface area contributed by atoms with Crippen LogP contribution in [0.25, 0.3) is 0 Å². The van der Waals surface area contributed by atoms with Crippen molar-refractivity contribution in [3.05, 3.63) is 40.7 Å². The van der Waals surface area contributed by atoms with E-state index in [2.05, 4.69) is 0 Å². The molecule has 0 amide bonds. The second kappa shape index (κ2) is 4.91. The molecule has 6 heteroatoms. The van der Waals surface area contributed by atoms with Crippen molar-refractivity contribution >= 4 is 11.6 Å². The number of carbonyl (C=O) groups is 2. The molecule has 4 rings (SSSR count). The monoisotopic (exact) mass is 330 g/mol. The zero-order chi connectivity index (χ0) is 17.2. The Morgan fingerprint density at radius 2 is 1.83 bits per heavy atom. The fourth-order valence-electron chi connectivity index (χ4n) is 4.53. The molecule has 3 aliphatic rings. The van der Waals surface area contributed by atoms with E-state index in [1.54, 1.807) is 12.1 Å². The van der Waals surface area contributed by atoms with Crippen molar-refractivity contribution in [2.24, 2.45) is 11.8 Å². The summed E-state index contributed by atoms with van der Waals surface area (Å²) in [4.78, 5) is 25.1. The number of hydrogen-bond donors (Lipinski definition) is 4. The first-order chi connectivity index (χ1) is 11.3. The van der Waals surface area contributed by atoms with Crippen LogP contribution in [-0.4, -0.2) is 43.7 Å². The smallest absolute Gasteiger partial charge is 0.196 e. The van der Waals surface area contributed by atoms with E-state index in [0.717, 1.165) is 0 Å². The molecule has 4 unspecified atom stereocenters. The van der Waals surface area contributed by atoms with E-state index in [4.69, 9.17) is 0 Å². The van der Waals surface area contributed by atoms with Crippen molar-refractivity contribution in [1.82, 2.24) is 0 Å². The Morgan fingerprint density at radius 1 is 1.08 bits per heavy atom. The third-order valence-electron chi connectivity index (χ3n) is 5.65. The highest BCUT2D eigenvalue weighted by Crippen LogP contribution is 2.50. The van der Waals surface area contributed by atoms with Crippen LogP contribution in [0.3, 0.4) is 0 Å². The average Bonchev–Trinajstić information content (AvgIpc) is 2.50. The fraction of sp³-hybridized carbons (Fsp3) is 0.444. The molecule has 3 aliphatic carbocycles. The van der Waals surface area contributed by atoms with Gasteiger partial charge in [0.15, 0.2) is 17.2 Å². The molecular weight excluding hydrogens is 312 g/mol. The predicted octanol–water partition coefficient (Wildman–Crippen LogP) is 1.03. The van der Waals surface area contributed by atoms with E-state index in [0.29, 0.717) is 18.4 Å². The first-order valence-corrected chi connectivity index (χ1v) is 8.07. The van der Waals surface area contributed by atoms with Crippen molar-refractivity contribution in [2.75, 3.05) is 0 Å². The van der Waals surface area contributed by atoms with E-state index in [1.807, 2.05) is 0 Å². The maximum Gasteiger partial charge on any atom is 0.196 e. The zero-order valence-electron chi connectivity index (χ0n) is 12.9. The van der Waals surface area contributed by atoms with Crippen molar-refractivity contribution in [3.8, 4) is 5.75 Å². The van der Waals surface area contributed by atoms with E-state index < -0.39 is 34.9 Å². The number of rotatable bonds is 0. The number of aliphatic hydroxyl groups excluding tert-OH is 2. The zero-order valence-corrected chi connectivity index (χ0v) is 12.9. The number of phenols is 1. The van der Waals surface area contributed by atoms with Gasteiger partial charge in [0.25, 0.3) is 0 Å².